The van der Waals surface area contributed by atoms with Gasteiger partial charge < -0.3 is 4.74 Å². The molecule has 0 heterocycles. The SMILES string of the molecule is COc1ccc2c(c1)CCC2N(O)C(C)=O. The van der Waals surface area contributed by atoms with Gasteiger partial charge >= 0.3 is 0 Å². The Hall–Kier alpha value is -1.55. The highest BCUT2D eigenvalue weighted by atomic mass is 16.5. The van der Waals surface area contributed by atoms with Crippen LogP contribution in [0.15, 0.2) is 18.2 Å². The first-order valence-corrected chi connectivity index (χ1v) is 5.29. The fourth-order valence-electron chi connectivity index (χ4n) is 2.17. The number of benzene rings is 1. The largest absolute Gasteiger partial charge is 0.497 e. The number of methoxy groups -OCH3 is 1. The molecule has 0 saturated carbocycles. The molecule has 1 aliphatic carbocycles. The van der Waals surface area contributed by atoms with Crippen molar-refractivity contribution < 1.29 is 14.7 Å². The van der Waals surface area contributed by atoms with E-state index in [0.29, 0.717) is 0 Å². The number of carbonyl (C=O) groups is 1. The van der Waals surface area contributed by atoms with Crippen LogP contribution in [0.25, 0.3) is 0 Å². The second-order valence-electron chi connectivity index (χ2n) is 3.98. The average Bonchev–Trinajstić information content (AvgIpc) is 2.70. The van der Waals surface area contributed by atoms with Crippen LogP contribution >= 0.6 is 0 Å². The number of rotatable bonds is 2. The van der Waals surface area contributed by atoms with E-state index in [2.05, 4.69) is 0 Å². The highest BCUT2D eigenvalue weighted by Gasteiger charge is 2.29. The lowest BCUT2D eigenvalue weighted by Gasteiger charge is -2.21. The van der Waals surface area contributed by atoms with Crippen LogP contribution in [0.5, 0.6) is 5.75 Å². The molecule has 0 radical (unpaired) electrons. The topological polar surface area (TPSA) is 49.8 Å². The van der Waals surface area contributed by atoms with Gasteiger partial charge in [0.05, 0.1) is 13.2 Å². The van der Waals surface area contributed by atoms with Gasteiger partial charge in [-0.25, -0.2) is 5.06 Å². The van der Waals surface area contributed by atoms with Gasteiger partial charge in [0.25, 0.3) is 0 Å². The minimum atomic E-state index is -0.325. The monoisotopic (exact) mass is 221 g/mol. The molecule has 1 amide bonds. The summed E-state index contributed by atoms with van der Waals surface area (Å²) >= 11 is 0. The van der Waals surface area contributed by atoms with Gasteiger partial charge in [-0.1, -0.05) is 6.07 Å². The van der Waals surface area contributed by atoms with Crippen LogP contribution in [0, 0.1) is 0 Å². The van der Waals surface area contributed by atoms with E-state index < -0.39 is 0 Å². The van der Waals surface area contributed by atoms with E-state index in [1.807, 2.05) is 18.2 Å². The Kier molecular flexibility index (Phi) is 2.83. The van der Waals surface area contributed by atoms with Gasteiger partial charge in [0.2, 0.25) is 5.91 Å². The van der Waals surface area contributed by atoms with E-state index >= 15 is 0 Å². The van der Waals surface area contributed by atoms with Crippen molar-refractivity contribution in [2.75, 3.05) is 7.11 Å². The zero-order valence-electron chi connectivity index (χ0n) is 9.43. The second-order valence-corrected chi connectivity index (χ2v) is 3.98. The van der Waals surface area contributed by atoms with Crippen molar-refractivity contribution >= 4 is 5.91 Å². The van der Waals surface area contributed by atoms with Crippen molar-refractivity contribution in [3.63, 3.8) is 0 Å². The second kappa shape index (κ2) is 4.14. The quantitative estimate of drug-likeness (QED) is 0.613. The van der Waals surface area contributed by atoms with Crippen molar-refractivity contribution in [2.24, 2.45) is 0 Å². The van der Waals surface area contributed by atoms with Crippen LogP contribution in [0.3, 0.4) is 0 Å². The summed E-state index contributed by atoms with van der Waals surface area (Å²) in [4.78, 5) is 11.1. The lowest BCUT2D eigenvalue weighted by molar-refractivity contribution is -0.173. The predicted octanol–water partition coefficient (Wildman–Crippen LogP) is 1.92. The first kappa shape index (κ1) is 11.0. The van der Waals surface area contributed by atoms with Crippen molar-refractivity contribution in [3.05, 3.63) is 29.3 Å². The molecule has 1 aromatic carbocycles. The molecule has 0 fully saturated rings. The molecule has 2 rings (SSSR count). The first-order chi connectivity index (χ1) is 7.63. The minimum Gasteiger partial charge on any atom is -0.497 e. The molecule has 0 bridgehead atoms. The number of ether oxygens (including phenoxy) is 1. The highest BCUT2D eigenvalue weighted by molar-refractivity contribution is 5.72. The minimum absolute atomic E-state index is 0.210. The van der Waals surface area contributed by atoms with Gasteiger partial charge in [-0.3, -0.25) is 10.0 Å². The Morgan fingerprint density at radius 1 is 1.56 bits per heavy atom. The maximum absolute atomic E-state index is 11.1. The fraction of sp³-hybridized carbons (Fsp3) is 0.417. The number of aryl methyl sites for hydroxylation is 1. The Bertz CT molecular complexity index is 417. The molecule has 0 aromatic heterocycles. The van der Waals surface area contributed by atoms with E-state index in [0.717, 1.165) is 34.8 Å². The summed E-state index contributed by atoms with van der Waals surface area (Å²) in [5, 5.41) is 10.5. The summed E-state index contributed by atoms with van der Waals surface area (Å²) < 4.78 is 5.14. The molecule has 1 unspecified atom stereocenters. The van der Waals surface area contributed by atoms with E-state index in [1.165, 1.54) is 6.92 Å². The van der Waals surface area contributed by atoms with E-state index in [-0.39, 0.29) is 11.9 Å². The number of hydroxylamine groups is 2. The first-order valence-electron chi connectivity index (χ1n) is 5.29. The molecule has 0 saturated heterocycles. The molecule has 86 valence electrons. The van der Waals surface area contributed by atoms with Crippen molar-refractivity contribution in [3.8, 4) is 5.75 Å². The van der Waals surface area contributed by atoms with Gasteiger partial charge in [-0.05, 0) is 36.1 Å². The highest BCUT2D eigenvalue weighted by Crippen LogP contribution is 2.36. The van der Waals surface area contributed by atoms with Crippen LogP contribution in [-0.2, 0) is 11.2 Å². The van der Waals surface area contributed by atoms with Gasteiger partial charge in [-0.15, -0.1) is 0 Å². The molecular formula is C12H15NO3. The summed E-state index contributed by atoms with van der Waals surface area (Å²) in [5.41, 5.74) is 2.16. The molecule has 0 aliphatic heterocycles. The normalized spacial score (nSPS) is 18.1. The maximum atomic E-state index is 11.1. The summed E-state index contributed by atoms with van der Waals surface area (Å²) in [7, 11) is 1.63. The number of fused-ring (bicyclic) bond motifs is 1. The lowest BCUT2D eigenvalue weighted by Crippen LogP contribution is -2.28. The number of hydrogen-bond acceptors (Lipinski definition) is 3. The maximum Gasteiger partial charge on any atom is 0.243 e. The molecule has 0 spiro atoms. The van der Waals surface area contributed by atoms with Crippen molar-refractivity contribution in [2.45, 2.75) is 25.8 Å². The summed E-state index contributed by atoms with van der Waals surface area (Å²) in [6.07, 6.45) is 1.63. The van der Waals surface area contributed by atoms with Gasteiger partial charge in [0, 0.05) is 6.92 Å². The molecule has 4 nitrogen and oxygen atoms in total. The summed E-state index contributed by atoms with van der Waals surface area (Å²) in [5.74, 6) is 0.486. The van der Waals surface area contributed by atoms with Crippen LogP contribution in [0.1, 0.15) is 30.5 Å². The molecule has 1 atom stereocenters. The molecular weight excluding hydrogens is 206 g/mol. The average molecular weight is 221 g/mol. The standard InChI is InChI=1S/C12H15NO3/c1-8(14)13(15)12-6-3-9-7-10(16-2)4-5-11(9)12/h4-5,7,12,15H,3,6H2,1-2H3. The number of nitrogens with zero attached hydrogens (tertiary/aromatic N) is 1. The van der Waals surface area contributed by atoms with Crippen molar-refractivity contribution in [1.82, 2.24) is 5.06 Å². The lowest BCUT2D eigenvalue weighted by atomic mass is 10.1. The summed E-state index contributed by atoms with van der Waals surface area (Å²) in [6, 6.07) is 5.52. The molecule has 1 N–H and O–H groups in total. The van der Waals surface area contributed by atoms with E-state index in [1.54, 1.807) is 7.11 Å². The smallest absolute Gasteiger partial charge is 0.243 e. The third-order valence-electron chi connectivity index (χ3n) is 3.01. The van der Waals surface area contributed by atoms with Crippen LogP contribution in [-0.4, -0.2) is 23.3 Å². The molecule has 16 heavy (non-hydrogen) atoms. The third kappa shape index (κ3) is 1.76. The van der Waals surface area contributed by atoms with Gasteiger partial charge in [-0.2, -0.15) is 0 Å². The fourth-order valence-corrected chi connectivity index (χ4v) is 2.17. The predicted molar refractivity (Wildman–Crippen MR) is 58.4 cm³/mol. The zero-order valence-corrected chi connectivity index (χ0v) is 9.43. The number of hydrogen-bond donors (Lipinski definition) is 1. The Morgan fingerprint density at radius 3 is 2.94 bits per heavy atom. The van der Waals surface area contributed by atoms with Crippen LogP contribution < -0.4 is 4.74 Å². The Labute approximate surface area is 94.4 Å². The third-order valence-corrected chi connectivity index (χ3v) is 3.01. The summed E-state index contributed by atoms with van der Waals surface area (Å²) in [6.45, 7) is 1.36. The Balaban J connectivity index is 2.30. The molecule has 4 heteroatoms. The van der Waals surface area contributed by atoms with Crippen molar-refractivity contribution in [1.29, 1.82) is 0 Å². The van der Waals surface area contributed by atoms with E-state index in [9.17, 15) is 10.0 Å². The number of amides is 1. The molecule has 1 aromatic rings. The molecule has 1 aliphatic rings. The zero-order chi connectivity index (χ0) is 11.7. The van der Waals surface area contributed by atoms with Crippen LogP contribution in [0.4, 0.5) is 0 Å². The van der Waals surface area contributed by atoms with Crippen LogP contribution in [0.2, 0.25) is 0 Å². The van der Waals surface area contributed by atoms with Gasteiger partial charge in [0.15, 0.2) is 0 Å². The Morgan fingerprint density at radius 2 is 2.31 bits per heavy atom. The number of carbonyl (C=O) groups excluding carboxylic acids is 1. The van der Waals surface area contributed by atoms with E-state index in [4.69, 9.17) is 4.74 Å². The van der Waals surface area contributed by atoms with Gasteiger partial charge in [0.1, 0.15) is 5.75 Å².